The van der Waals surface area contributed by atoms with Crippen molar-refractivity contribution in [2.45, 2.75) is 12.5 Å². The zero-order valence-electron chi connectivity index (χ0n) is 8.27. The second-order valence-corrected chi connectivity index (χ2v) is 4.28. The predicted molar refractivity (Wildman–Crippen MR) is 65.4 cm³/mol. The first-order chi connectivity index (χ1) is 7.09. The third kappa shape index (κ3) is 2.31. The number of carboxylic acid groups (broad SMARTS) is 1. The highest BCUT2D eigenvalue weighted by molar-refractivity contribution is 9.10. The summed E-state index contributed by atoms with van der Waals surface area (Å²) in [7, 11) is 0. The molecule has 16 heavy (non-hydrogen) atoms. The first kappa shape index (κ1) is 13.3. The van der Waals surface area contributed by atoms with E-state index in [0.29, 0.717) is 23.2 Å². The van der Waals surface area contributed by atoms with E-state index < -0.39 is 5.97 Å². The molecule has 1 heterocycles. The summed E-state index contributed by atoms with van der Waals surface area (Å²) in [6.07, 6.45) is 0.711. The van der Waals surface area contributed by atoms with Gasteiger partial charge >= 0.3 is 5.97 Å². The third-order valence-corrected chi connectivity index (χ3v) is 2.98. The highest BCUT2D eigenvalue weighted by atomic mass is 79.9. The van der Waals surface area contributed by atoms with Crippen molar-refractivity contribution in [1.29, 1.82) is 0 Å². The van der Waals surface area contributed by atoms with Crippen LogP contribution in [0.25, 0.3) is 0 Å². The largest absolute Gasteiger partial charge is 0.492 e. The highest BCUT2D eigenvalue weighted by Crippen LogP contribution is 2.37. The van der Waals surface area contributed by atoms with Gasteiger partial charge in [0.25, 0.3) is 0 Å². The van der Waals surface area contributed by atoms with Crippen LogP contribution in [-0.2, 0) is 0 Å². The molecule has 0 saturated heterocycles. The monoisotopic (exact) mass is 307 g/mol. The number of rotatable bonds is 1. The lowest BCUT2D eigenvalue weighted by atomic mass is 9.99. The van der Waals surface area contributed by atoms with Crippen LogP contribution < -0.4 is 10.5 Å². The Morgan fingerprint density at radius 1 is 1.56 bits per heavy atom. The maximum absolute atomic E-state index is 10.8. The first-order valence-electron chi connectivity index (χ1n) is 4.54. The number of ether oxygens (including phenoxy) is 1. The zero-order valence-corrected chi connectivity index (χ0v) is 10.7. The maximum atomic E-state index is 10.8. The van der Waals surface area contributed by atoms with E-state index in [1.54, 1.807) is 6.07 Å². The average molecular weight is 309 g/mol. The van der Waals surface area contributed by atoms with Crippen LogP contribution >= 0.6 is 28.3 Å². The molecule has 0 unspecified atom stereocenters. The van der Waals surface area contributed by atoms with Crippen LogP contribution in [0.5, 0.6) is 5.75 Å². The molecule has 1 aliphatic heterocycles. The van der Waals surface area contributed by atoms with Gasteiger partial charge in [-0.15, -0.1) is 12.4 Å². The number of carboxylic acids is 1. The fourth-order valence-corrected chi connectivity index (χ4v) is 2.20. The van der Waals surface area contributed by atoms with Gasteiger partial charge in [-0.05, 0) is 28.1 Å². The molecule has 0 saturated carbocycles. The summed E-state index contributed by atoms with van der Waals surface area (Å²) < 4.78 is 6.09. The van der Waals surface area contributed by atoms with Crippen molar-refractivity contribution in [2.24, 2.45) is 5.73 Å². The maximum Gasteiger partial charge on any atom is 0.335 e. The van der Waals surface area contributed by atoms with Crippen molar-refractivity contribution >= 4 is 34.3 Å². The minimum Gasteiger partial charge on any atom is -0.492 e. The van der Waals surface area contributed by atoms with Gasteiger partial charge in [0.05, 0.1) is 16.6 Å². The van der Waals surface area contributed by atoms with E-state index in [9.17, 15) is 4.79 Å². The molecular formula is C10H11BrClNO3. The Labute approximate surface area is 107 Å². The summed E-state index contributed by atoms with van der Waals surface area (Å²) >= 11 is 3.28. The minimum atomic E-state index is -0.962. The van der Waals surface area contributed by atoms with Crippen molar-refractivity contribution < 1.29 is 14.6 Å². The fourth-order valence-electron chi connectivity index (χ4n) is 1.61. The van der Waals surface area contributed by atoms with Gasteiger partial charge in [0.15, 0.2) is 0 Å². The van der Waals surface area contributed by atoms with Crippen LogP contribution in [0.15, 0.2) is 16.6 Å². The third-order valence-electron chi connectivity index (χ3n) is 2.39. The summed E-state index contributed by atoms with van der Waals surface area (Å²) in [5.74, 6) is -0.296. The van der Waals surface area contributed by atoms with E-state index in [1.165, 1.54) is 6.07 Å². The SMILES string of the molecule is Cl.N[C@H]1CCOc2c(Br)cc(C(=O)O)cc21. The molecule has 6 heteroatoms. The lowest BCUT2D eigenvalue weighted by molar-refractivity contribution is 0.0696. The van der Waals surface area contributed by atoms with Gasteiger partial charge in [0.2, 0.25) is 0 Å². The molecule has 88 valence electrons. The van der Waals surface area contributed by atoms with E-state index in [0.717, 1.165) is 5.56 Å². The molecule has 0 aromatic heterocycles. The van der Waals surface area contributed by atoms with Crippen LogP contribution in [0.1, 0.15) is 28.4 Å². The van der Waals surface area contributed by atoms with Gasteiger partial charge in [0.1, 0.15) is 5.75 Å². The molecule has 1 atom stereocenters. The van der Waals surface area contributed by atoms with Crippen LogP contribution in [0.4, 0.5) is 0 Å². The van der Waals surface area contributed by atoms with E-state index in [1.807, 2.05) is 0 Å². The standard InChI is InChI=1S/C10H10BrNO3.ClH/c11-7-4-5(10(13)14)3-6-8(12)1-2-15-9(6)7;/h3-4,8H,1-2,12H2,(H,13,14);1H/t8-;/m0./s1. The van der Waals surface area contributed by atoms with Crippen LogP contribution in [0, 0.1) is 0 Å². The van der Waals surface area contributed by atoms with Crippen LogP contribution in [0.3, 0.4) is 0 Å². The summed E-state index contributed by atoms with van der Waals surface area (Å²) in [6, 6.07) is 2.95. The van der Waals surface area contributed by atoms with Crippen LogP contribution in [-0.4, -0.2) is 17.7 Å². The molecule has 0 amide bonds. The fraction of sp³-hybridized carbons (Fsp3) is 0.300. The Morgan fingerprint density at radius 2 is 2.25 bits per heavy atom. The first-order valence-corrected chi connectivity index (χ1v) is 5.34. The molecule has 1 aromatic rings. The number of benzene rings is 1. The Bertz CT molecular complexity index is 425. The lowest BCUT2D eigenvalue weighted by Gasteiger charge is -2.24. The molecule has 0 aliphatic carbocycles. The summed E-state index contributed by atoms with van der Waals surface area (Å²) in [5.41, 5.74) is 6.87. The lowest BCUT2D eigenvalue weighted by Crippen LogP contribution is -2.21. The second kappa shape index (κ2) is 5.03. The number of nitrogens with two attached hydrogens (primary N) is 1. The van der Waals surface area contributed by atoms with Crippen molar-refractivity contribution in [1.82, 2.24) is 0 Å². The predicted octanol–water partition coefficient (Wildman–Crippen LogP) is 2.35. The molecular weight excluding hydrogens is 297 g/mol. The average Bonchev–Trinajstić information content (AvgIpc) is 2.19. The number of aromatic carboxylic acids is 1. The topological polar surface area (TPSA) is 72.5 Å². The minimum absolute atomic E-state index is 0. The van der Waals surface area contributed by atoms with E-state index in [2.05, 4.69) is 15.9 Å². The number of hydrogen-bond acceptors (Lipinski definition) is 3. The van der Waals surface area contributed by atoms with E-state index in [4.69, 9.17) is 15.6 Å². The smallest absolute Gasteiger partial charge is 0.335 e. The van der Waals surface area contributed by atoms with Crippen molar-refractivity contribution in [3.63, 3.8) is 0 Å². The van der Waals surface area contributed by atoms with Gasteiger partial charge in [-0.25, -0.2) is 4.79 Å². The molecule has 0 fully saturated rings. The van der Waals surface area contributed by atoms with E-state index >= 15 is 0 Å². The Hall–Kier alpha value is -0.780. The molecule has 4 nitrogen and oxygen atoms in total. The van der Waals surface area contributed by atoms with Gasteiger partial charge in [-0.1, -0.05) is 0 Å². The Morgan fingerprint density at radius 3 is 2.88 bits per heavy atom. The second-order valence-electron chi connectivity index (χ2n) is 3.43. The van der Waals surface area contributed by atoms with Crippen LogP contribution in [0.2, 0.25) is 0 Å². The summed E-state index contributed by atoms with van der Waals surface area (Å²) in [4.78, 5) is 10.8. The van der Waals surface area contributed by atoms with Gasteiger partial charge in [-0.2, -0.15) is 0 Å². The molecule has 0 radical (unpaired) electrons. The van der Waals surface area contributed by atoms with Gasteiger partial charge in [0, 0.05) is 18.0 Å². The quantitative estimate of drug-likeness (QED) is 0.835. The molecule has 0 spiro atoms. The Kier molecular flexibility index (Phi) is 4.18. The van der Waals surface area contributed by atoms with Crippen molar-refractivity contribution in [2.75, 3.05) is 6.61 Å². The molecule has 1 aliphatic rings. The number of halogens is 2. The molecule has 2 rings (SSSR count). The number of hydrogen-bond donors (Lipinski definition) is 2. The summed E-state index contributed by atoms with van der Waals surface area (Å²) in [5, 5.41) is 8.89. The number of carbonyl (C=O) groups is 1. The normalized spacial score (nSPS) is 18.0. The molecule has 1 aromatic carbocycles. The van der Waals surface area contributed by atoms with E-state index in [-0.39, 0.29) is 24.0 Å². The van der Waals surface area contributed by atoms with Crippen molar-refractivity contribution in [3.05, 3.63) is 27.7 Å². The zero-order chi connectivity index (χ0) is 11.0. The highest BCUT2D eigenvalue weighted by Gasteiger charge is 2.22. The van der Waals surface area contributed by atoms with Gasteiger partial charge in [-0.3, -0.25) is 0 Å². The summed E-state index contributed by atoms with van der Waals surface area (Å²) in [6.45, 7) is 0.569. The number of fused-ring (bicyclic) bond motifs is 1. The Balaban J connectivity index is 0.00000128. The van der Waals surface area contributed by atoms with Gasteiger partial charge < -0.3 is 15.6 Å². The molecule has 0 bridgehead atoms. The molecule has 3 N–H and O–H groups in total. The van der Waals surface area contributed by atoms with Crippen molar-refractivity contribution in [3.8, 4) is 5.75 Å².